The Kier molecular flexibility index (Phi) is 3.59. The number of fused-ring (bicyclic) bond motifs is 1. The van der Waals surface area contributed by atoms with Gasteiger partial charge in [-0.25, -0.2) is 4.39 Å². The quantitative estimate of drug-likeness (QED) is 0.900. The van der Waals surface area contributed by atoms with Crippen LogP contribution in [0, 0.1) is 5.82 Å². The van der Waals surface area contributed by atoms with Gasteiger partial charge in [0.1, 0.15) is 17.7 Å². The first-order chi connectivity index (χ1) is 8.41. The Bertz CT molecular complexity index is 434. The van der Waals surface area contributed by atoms with Gasteiger partial charge in [-0.3, -0.25) is 0 Å². The number of hydrogen-bond acceptors (Lipinski definition) is 3. The second-order valence-corrected chi connectivity index (χ2v) is 5.43. The van der Waals surface area contributed by atoms with Crippen molar-refractivity contribution in [2.24, 2.45) is 5.73 Å². The van der Waals surface area contributed by atoms with Gasteiger partial charge in [0.2, 0.25) is 0 Å². The van der Waals surface area contributed by atoms with Crippen molar-refractivity contribution in [3.8, 4) is 5.75 Å². The van der Waals surface area contributed by atoms with Crippen molar-refractivity contribution in [1.82, 2.24) is 0 Å². The lowest BCUT2D eigenvalue weighted by molar-refractivity contribution is -0.0195. The molecule has 2 atom stereocenters. The second kappa shape index (κ2) is 4.86. The largest absolute Gasteiger partial charge is 0.490 e. The minimum absolute atomic E-state index is 0.0377. The maximum Gasteiger partial charge on any atom is 0.127 e. The number of halogens is 1. The summed E-state index contributed by atoms with van der Waals surface area (Å²) >= 11 is 0. The molecule has 0 aliphatic carbocycles. The molecule has 100 valence electrons. The lowest BCUT2D eigenvalue weighted by atomic mass is 9.91. The van der Waals surface area contributed by atoms with Gasteiger partial charge in [-0.2, -0.15) is 0 Å². The summed E-state index contributed by atoms with van der Waals surface area (Å²) in [5.41, 5.74) is 6.71. The molecular weight excluding hydrogens is 233 g/mol. The molecule has 1 unspecified atom stereocenters. The van der Waals surface area contributed by atoms with Gasteiger partial charge in [0, 0.05) is 37.6 Å². The van der Waals surface area contributed by atoms with E-state index < -0.39 is 0 Å². The van der Waals surface area contributed by atoms with Gasteiger partial charge in [-0.15, -0.1) is 0 Å². The smallest absolute Gasteiger partial charge is 0.127 e. The summed E-state index contributed by atoms with van der Waals surface area (Å²) in [6, 6.07) is 4.42. The second-order valence-electron chi connectivity index (χ2n) is 5.43. The third kappa shape index (κ3) is 2.82. The van der Waals surface area contributed by atoms with Crippen LogP contribution in [-0.2, 0) is 4.74 Å². The topological polar surface area (TPSA) is 44.5 Å². The Labute approximate surface area is 107 Å². The van der Waals surface area contributed by atoms with Crippen LogP contribution in [0.1, 0.15) is 38.3 Å². The molecule has 2 N–H and O–H groups in total. The maximum atomic E-state index is 13.2. The van der Waals surface area contributed by atoms with Crippen LogP contribution in [0.15, 0.2) is 18.2 Å². The lowest BCUT2D eigenvalue weighted by Crippen LogP contribution is -2.36. The van der Waals surface area contributed by atoms with Crippen LogP contribution in [0.5, 0.6) is 5.75 Å². The summed E-state index contributed by atoms with van der Waals surface area (Å²) in [7, 11) is 1.68. The van der Waals surface area contributed by atoms with Crippen LogP contribution in [0.4, 0.5) is 4.39 Å². The maximum absolute atomic E-state index is 13.2. The SMILES string of the molecule is COC(C)(C)CC1C[C@H](N)c2ccc(F)cc2O1. The molecule has 0 amide bonds. The number of methoxy groups -OCH3 is 1. The minimum Gasteiger partial charge on any atom is -0.490 e. The van der Waals surface area contributed by atoms with Gasteiger partial charge in [0.25, 0.3) is 0 Å². The number of nitrogens with two attached hydrogens (primary N) is 1. The number of rotatable bonds is 3. The molecule has 1 aromatic carbocycles. The van der Waals surface area contributed by atoms with E-state index >= 15 is 0 Å². The first-order valence-electron chi connectivity index (χ1n) is 6.18. The molecule has 0 spiro atoms. The van der Waals surface area contributed by atoms with E-state index in [1.807, 2.05) is 13.8 Å². The van der Waals surface area contributed by atoms with Crippen molar-refractivity contribution in [2.45, 2.75) is 44.4 Å². The Morgan fingerprint density at radius 3 is 2.89 bits per heavy atom. The predicted octanol–water partition coefficient (Wildman–Crippen LogP) is 2.79. The van der Waals surface area contributed by atoms with E-state index in [1.165, 1.54) is 12.1 Å². The van der Waals surface area contributed by atoms with Crippen molar-refractivity contribution in [3.05, 3.63) is 29.6 Å². The molecular formula is C14H20FNO2. The summed E-state index contributed by atoms with van der Waals surface area (Å²) in [6.45, 7) is 4.01. The number of hydrogen-bond donors (Lipinski definition) is 1. The predicted molar refractivity (Wildman–Crippen MR) is 68.1 cm³/mol. The fraction of sp³-hybridized carbons (Fsp3) is 0.571. The molecule has 1 heterocycles. The highest BCUT2D eigenvalue weighted by Crippen LogP contribution is 2.36. The van der Waals surface area contributed by atoms with Gasteiger partial charge in [-0.05, 0) is 19.9 Å². The summed E-state index contributed by atoms with van der Waals surface area (Å²) in [4.78, 5) is 0. The van der Waals surface area contributed by atoms with Gasteiger partial charge in [0.05, 0.1) is 5.60 Å². The zero-order valence-electron chi connectivity index (χ0n) is 11.1. The van der Waals surface area contributed by atoms with Crippen molar-refractivity contribution in [3.63, 3.8) is 0 Å². The van der Waals surface area contributed by atoms with E-state index in [2.05, 4.69) is 0 Å². The van der Waals surface area contributed by atoms with E-state index in [9.17, 15) is 4.39 Å². The Morgan fingerprint density at radius 1 is 1.50 bits per heavy atom. The van der Waals surface area contributed by atoms with Crippen LogP contribution in [0.2, 0.25) is 0 Å². The van der Waals surface area contributed by atoms with Crippen LogP contribution >= 0.6 is 0 Å². The molecule has 2 rings (SSSR count). The summed E-state index contributed by atoms with van der Waals surface area (Å²) in [5, 5.41) is 0. The van der Waals surface area contributed by atoms with Gasteiger partial charge in [0.15, 0.2) is 0 Å². The van der Waals surface area contributed by atoms with Crippen molar-refractivity contribution in [1.29, 1.82) is 0 Å². The normalized spacial score (nSPS) is 23.4. The first kappa shape index (κ1) is 13.3. The van der Waals surface area contributed by atoms with E-state index in [1.54, 1.807) is 13.2 Å². The molecule has 1 aromatic rings. The van der Waals surface area contributed by atoms with E-state index in [0.29, 0.717) is 5.75 Å². The Hall–Kier alpha value is -1.13. The van der Waals surface area contributed by atoms with Crippen molar-refractivity contribution in [2.75, 3.05) is 7.11 Å². The highest BCUT2D eigenvalue weighted by Gasteiger charge is 2.31. The zero-order valence-corrected chi connectivity index (χ0v) is 11.1. The molecule has 18 heavy (non-hydrogen) atoms. The van der Waals surface area contributed by atoms with E-state index in [0.717, 1.165) is 18.4 Å². The summed E-state index contributed by atoms with van der Waals surface area (Å²) in [6.07, 6.45) is 1.42. The molecule has 0 aromatic heterocycles. The molecule has 0 saturated carbocycles. The van der Waals surface area contributed by atoms with Gasteiger partial charge < -0.3 is 15.2 Å². The van der Waals surface area contributed by atoms with E-state index in [4.69, 9.17) is 15.2 Å². The summed E-state index contributed by atoms with van der Waals surface area (Å²) in [5.74, 6) is 0.262. The summed E-state index contributed by atoms with van der Waals surface area (Å²) < 4.78 is 24.4. The molecule has 1 aliphatic rings. The fourth-order valence-electron chi connectivity index (χ4n) is 2.31. The monoisotopic (exact) mass is 253 g/mol. The molecule has 0 bridgehead atoms. The average Bonchev–Trinajstić information content (AvgIpc) is 2.27. The van der Waals surface area contributed by atoms with Crippen LogP contribution in [0.25, 0.3) is 0 Å². The number of ether oxygens (including phenoxy) is 2. The molecule has 3 nitrogen and oxygen atoms in total. The standard InChI is InChI=1S/C14H20FNO2/c1-14(2,17-3)8-10-7-12(16)11-5-4-9(15)6-13(11)18-10/h4-6,10,12H,7-8,16H2,1-3H3/t10?,12-/m0/s1. The van der Waals surface area contributed by atoms with Crippen LogP contribution in [0.3, 0.4) is 0 Å². The highest BCUT2D eigenvalue weighted by atomic mass is 19.1. The molecule has 4 heteroatoms. The van der Waals surface area contributed by atoms with Crippen molar-refractivity contribution < 1.29 is 13.9 Å². The average molecular weight is 253 g/mol. The Morgan fingerprint density at radius 2 is 2.22 bits per heavy atom. The van der Waals surface area contributed by atoms with Crippen molar-refractivity contribution >= 4 is 0 Å². The highest BCUT2D eigenvalue weighted by molar-refractivity contribution is 5.38. The fourth-order valence-corrected chi connectivity index (χ4v) is 2.31. The lowest BCUT2D eigenvalue weighted by Gasteiger charge is -2.34. The Balaban J connectivity index is 2.17. The third-order valence-electron chi connectivity index (χ3n) is 3.46. The van der Waals surface area contributed by atoms with Gasteiger partial charge in [-0.1, -0.05) is 6.07 Å². The van der Waals surface area contributed by atoms with Crippen LogP contribution < -0.4 is 10.5 Å². The first-order valence-corrected chi connectivity index (χ1v) is 6.18. The minimum atomic E-state index is -0.299. The molecule has 0 radical (unpaired) electrons. The zero-order chi connectivity index (χ0) is 13.3. The van der Waals surface area contributed by atoms with E-state index in [-0.39, 0.29) is 23.6 Å². The number of benzene rings is 1. The molecule has 0 saturated heterocycles. The van der Waals surface area contributed by atoms with Crippen LogP contribution in [-0.4, -0.2) is 18.8 Å². The molecule has 0 fully saturated rings. The third-order valence-corrected chi connectivity index (χ3v) is 3.46. The molecule has 1 aliphatic heterocycles. The van der Waals surface area contributed by atoms with Gasteiger partial charge >= 0.3 is 0 Å².